The standard InChI is InChI=1S/C22H31NO5S/c1-4-5-6-13-7-9-14(10-8-13)19(24)23-20-18(22(26)28-3)17-15(21(25)27-2)11-12-16(17)29-20/h13-15H,4-12H2,1-3H3,(H,23,24). The highest BCUT2D eigenvalue weighted by Gasteiger charge is 2.39. The third-order valence-electron chi connectivity index (χ3n) is 6.33. The summed E-state index contributed by atoms with van der Waals surface area (Å²) in [6.45, 7) is 2.21. The Morgan fingerprint density at radius 3 is 2.41 bits per heavy atom. The molecular formula is C22H31NO5S. The zero-order chi connectivity index (χ0) is 21.0. The number of amides is 1. The van der Waals surface area contributed by atoms with Gasteiger partial charge in [0.15, 0.2) is 0 Å². The van der Waals surface area contributed by atoms with Crippen LogP contribution in [0.2, 0.25) is 0 Å². The summed E-state index contributed by atoms with van der Waals surface area (Å²) >= 11 is 1.39. The van der Waals surface area contributed by atoms with Crippen molar-refractivity contribution in [2.75, 3.05) is 19.5 Å². The number of ether oxygens (including phenoxy) is 2. The quantitative estimate of drug-likeness (QED) is 0.647. The number of fused-ring (bicyclic) bond motifs is 1. The molecule has 2 aliphatic carbocycles. The Morgan fingerprint density at radius 1 is 1.07 bits per heavy atom. The summed E-state index contributed by atoms with van der Waals surface area (Å²) in [5.41, 5.74) is 0.998. The van der Waals surface area contributed by atoms with E-state index in [-0.39, 0.29) is 17.8 Å². The van der Waals surface area contributed by atoms with Crippen LogP contribution in [0.5, 0.6) is 0 Å². The van der Waals surface area contributed by atoms with Gasteiger partial charge < -0.3 is 14.8 Å². The van der Waals surface area contributed by atoms with Gasteiger partial charge in [-0.2, -0.15) is 0 Å². The molecule has 2 aliphatic rings. The molecule has 3 rings (SSSR count). The topological polar surface area (TPSA) is 81.7 Å². The Kier molecular flexibility index (Phi) is 7.33. The number of rotatable bonds is 7. The largest absolute Gasteiger partial charge is 0.469 e. The number of esters is 2. The van der Waals surface area contributed by atoms with Crippen molar-refractivity contribution in [2.45, 2.75) is 70.6 Å². The van der Waals surface area contributed by atoms with E-state index in [0.29, 0.717) is 29.0 Å². The first-order valence-corrected chi connectivity index (χ1v) is 11.4. The van der Waals surface area contributed by atoms with Gasteiger partial charge in [-0.15, -0.1) is 11.3 Å². The summed E-state index contributed by atoms with van der Waals surface area (Å²) in [6.07, 6.45) is 9.01. The van der Waals surface area contributed by atoms with Gasteiger partial charge in [-0.25, -0.2) is 4.79 Å². The minimum Gasteiger partial charge on any atom is -0.469 e. The Morgan fingerprint density at radius 2 is 1.79 bits per heavy atom. The zero-order valence-electron chi connectivity index (χ0n) is 17.5. The van der Waals surface area contributed by atoms with Gasteiger partial charge in [0.2, 0.25) is 5.91 Å². The maximum atomic E-state index is 12.9. The monoisotopic (exact) mass is 421 g/mol. The van der Waals surface area contributed by atoms with Crippen LogP contribution in [-0.4, -0.2) is 32.1 Å². The summed E-state index contributed by atoms with van der Waals surface area (Å²) in [5.74, 6) is -0.659. The van der Waals surface area contributed by atoms with Gasteiger partial charge in [0.25, 0.3) is 0 Å². The molecule has 1 atom stereocenters. The maximum Gasteiger partial charge on any atom is 0.341 e. The van der Waals surface area contributed by atoms with Crippen LogP contribution >= 0.6 is 11.3 Å². The molecule has 1 aromatic rings. The van der Waals surface area contributed by atoms with Gasteiger partial charge in [-0.1, -0.05) is 26.2 Å². The molecule has 1 fully saturated rings. The maximum absolute atomic E-state index is 12.9. The summed E-state index contributed by atoms with van der Waals surface area (Å²) in [7, 11) is 2.67. The Bertz CT molecular complexity index is 763. The lowest BCUT2D eigenvalue weighted by Gasteiger charge is -2.27. The Balaban J connectivity index is 1.74. The molecule has 0 saturated heterocycles. The summed E-state index contributed by atoms with van der Waals surface area (Å²) in [5, 5.41) is 3.49. The first kappa shape index (κ1) is 21.8. The first-order chi connectivity index (χ1) is 14.0. The second kappa shape index (κ2) is 9.74. The van der Waals surface area contributed by atoms with Gasteiger partial charge in [0, 0.05) is 10.8 Å². The predicted molar refractivity (Wildman–Crippen MR) is 112 cm³/mol. The van der Waals surface area contributed by atoms with Crippen molar-refractivity contribution in [2.24, 2.45) is 11.8 Å². The fourth-order valence-corrected chi connectivity index (χ4v) is 5.92. The van der Waals surface area contributed by atoms with Gasteiger partial charge >= 0.3 is 11.9 Å². The molecule has 29 heavy (non-hydrogen) atoms. The lowest BCUT2D eigenvalue weighted by molar-refractivity contribution is -0.142. The predicted octanol–water partition coefficient (Wildman–Crippen LogP) is 4.67. The lowest BCUT2D eigenvalue weighted by atomic mass is 9.79. The number of carbonyl (C=O) groups excluding carboxylic acids is 3. The molecule has 7 heteroatoms. The molecule has 6 nitrogen and oxygen atoms in total. The molecule has 1 unspecified atom stereocenters. The van der Waals surface area contributed by atoms with Crippen molar-refractivity contribution in [3.8, 4) is 0 Å². The number of hydrogen-bond donors (Lipinski definition) is 1. The fourth-order valence-electron chi connectivity index (χ4n) is 4.66. The van der Waals surface area contributed by atoms with Gasteiger partial charge in [0.05, 0.1) is 25.7 Å². The molecule has 1 heterocycles. The molecule has 0 bridgehead atoms. The highest BCUT2D eigenvalue weighted by molar-refractivity contribution is 7.17. The molecule has 0 aromatic carbocycles. The van der Waals surface area contributed by atoms with Crippen LogP contribution in [0, 0.1) is 11.8 Å². The van der Waals surface area contributed by atoms with E-state index in [9.17, 15) is 14.4 Å². The third-order valence-corrected chi connectivity index (χ3v) is 7.51. The van der Waals surface area contributed by atoms with Gasteiger partial charge in [0.1, 0.15) is 5.00 Å². The first-order valence-electron chi connectivity index (χ1n) is 10.6. The van der Waals surface area contributed by atoms with E-state index in [2.05, 4.69) is 12.2 Å². The van der Waals surface area contributed by atoms with Crippen molar-refractivity contribution < 1.29 is 23.9 Å². The van der Waals surface area contributed by atoms with Crippen LogP contribution in [0.3, 0.4) is 0 Å². The van der Waals surface area contributed by atoms with E-state index < -0.39 is 11.9 Å². The number of aryl methyl sites for hydroxylation is 1. The fraction of sp³-hybridized carbons (Fsp3) is 0.682. The highest BCUT2D eigenvalue weighted by atomic mass is 32.1. The summed E-state index contributed by atoms with van der Waals surface area (Å²) < 4.78 is 9.87. The van der Waals surface area contributed by atoms with E-state index >= 15 is 0 Å². The van der Waals surface area contributed by atoms with E-state index in [1.54, 1.807) is 0 Å². The Hall–Kier alpha value is -1.89. The number of anilines is 1. The molecule has 0 spiro atoms. The average Bonchev–Trinajstić information content (AvgIpc) is 3.30. The van der Waals surface area contributed by atoms with E-state index in [0.717, 1.165) is 36.5 Å². The van der Waals surface area contributed by atoms with Crippen LogP contribution in [-0.2, 0) is 25.5 Å². The molecule has 1 amide bonds. The van der Waals surface area contributed by atoms with Crippen LogP contribution in [0.25, 0.3) is 0 Å². The number of nitrogens with one attached hydrogen (secondary N) is 1. The third kappa shape index (κ3) is 4.65. The van der Waals surface area contributed by atoms with Crippen LogP contribution in [0.4, 0.5) is 5.00 Å². The van der Waals surface area contributed by atoms with E-state index in [1.807, 2.05) is 0 Å². The number of methoxy groups -OCH3 is 2. The SMILES string of the molecule is CCCCC1CCC(C(=O)Nc2sc3c(c2C(=O)OC)C(C(=O)OC)CC3)CC1. The molecule has 1 aromatic heterocycles. The molecule has 0 radical (unpaired) electrons. The summed E-state index contributed by atoms with van der Waals surface area (Å²) in [4.78, 5) is 38.5. The minimum absolute atomic E-state index is 0.0216. The smallest absolute Gasteiger partial charge is 0.341 e. The van der Waals surface area contributed by atoms with Crippen molar-refractivity contribution >= 4 is 34.2 Å². The van der Waals surface area contributed by atoms with Crippen LogP contribution in [0.15, 0.2) is 0 Å². The number of thiophene rings is 1. The van der Waals surface area contributed by atoms with Crippen molar-refractivity contribution in [1.82, 2.24) is 0 Å². The Labute approximate surface area is 176 Å². The number of hydrogen-bond acceptors (Lipinski definition) is 6. The van der Waals surface area contributed by atoms with Crippen LogP contribution < -0.4 is 5.32 Å². The van der Waals surface area contributed by atoms with Gasteiger partial charge in [-0.3, -0.25) is 9.59 Å². The number of unbranched alkanes of at least 4 members (excludes halogenated alkanes) is 1. The molecule has 1 N–H and O–H groups in total. The summed E-state index contributed by atoms with van der Waals surface area (Å²) in [6, 6.07) is 0. The van der Waals surface area contributed by atoms with Crippen LogP contribution in [0.1, 0.15) is 85.0 Å². The second-order valence-corrected chi connectivity index (χ2v) is 9.20. The zero-order valence-corrected chi connectivity index (χ0v) is 18.4. The highest BCUT2D eigenvalue weighted by Crippen LogP contribution is 2.46. The van der Waals surface area contributed by atoms with Crippen molar-refractivity contribution in [1.29, 1.82) is 0 Å². The van der Waals surface area contributed by atoms with Crippen molar-refractivity contribution in [3.05, 3.63) is 16.0 Å². The van der Waals surface area contributed by atoms with Gasteiger partial charge in [-0.05, 0) is 50.0 Å². The molecule has 160 valence electrons. The average molecular weight is 422 g/mol. The van der Waals surface area contributed by atoms with E-state index in [4.69, 9.17) is 9.47 Å². The number of carbonyl (C=O) groups is 3. The van der Waals surface area contributed by atoms with E-state index in [1.165, 1.54) is 44.8 Å². The molecule has 0 aliphatic heterocycles. The molecular weight excluding hydrogens is 390 g/mol. The lowest BCUT2D eigenvalue weighted by Crippen LogP contribution is -2.27. The minimum atomic E-state index is -0.517. The van der Waals surface area contributed by atoms with Crippen molar-refractivity contribution in [3.63, 3.8) is 0 Å². The normalized spacial score (nSPS) is 23.3. The second-order valence-electron chi connectivity index (χ2n) is 8.10. The molecule has 1 saturated carbocycles.